The third-order valence-corrected chi connectivity index (χ3v) is 4.33. The van der Waals surface area contributed by atoms with E-state index in [1.54, 1.807) is 6.33 Å². The second kappa shape index (κ2) is 5.73. The van der Waals surface area contributed by atoms with Crippen molar-refractivity contribution in [1.82, 2.24) is 9.97 Å². The smallest absolute Gasteiger partial charge is 0.228 e. The highest BCUT2D eigenvalue weighted by Crippen LogP contribution is 2.28. The number of rotatable bonds is 3. The van der Waals surface area contributed by atoms with Crippen LogP contribution in [0.5, 0.6) is 0 Å². The standard InChI is InChI=1S/C16H21N3O/c1-12-14-7-8-15(20)19(16(14)18-11-17-12)10-9-13-5-3-2-4-6-13/h5,11H,2-4,6-10H2,1H3. The number of amides is 1. The minimum absolute atomic E-state index is 0.201. The third-order valence-electron chi connectivity index (χ3n) is 4.33. The van der Waals surface area contributed by atoms with E-state index in [-0.39, 0.29) is 5.91 Å². The van der Waals surface area contributed by atoms with Crippen molar-refractivity contribution >= 4 is 11.7 Å². The first-order valence-corrected chi connectivity index (χ1v) is 7.54. The summed E-state index contributed by atoms with van der Waals surface area (Å²) in [5.74, 6) is 1.04. The van der Waals surface area contributed by atoms with Crippen LogP contribution in [0, 0.1) is 6.92 Å². The quantitative estimate of drug-likeness (QED) is 0.794. The lowest BCUT2D eigenvalue weighted by molar-refractivity contribution is -0.118. The van der Waals surface area contributed by atoms with Crippen LogP contribution in [-0.2, 0) is 11.2 Å². The highest BCUT2D eigenvalue weighted by Gasteiger charge is 2.26. The van der Waals surface area contributed by atoms with Gasteiger partial charge in [0.05, 0.1) is 0 Å². The van der Waals surface area contributed by atoms with Gasteiger partial charge in [0.1, 0.15) is 12.1 Å². The summed E-state index contributed by atoms with van der Waals surface area (Å²) in [7, 11) is 0. The van der Waals surface area contributed by atoms with Crippen molar-refractivity contribution in [2.24, 2.45) is 0 Å². The van der Waals surface area contributed by atoms with Gasteiger partial charge in [-0.25, -0.2) is 9.97 Å². The number of aromatic nitrogens is 2. The number of hydrogen-bond acceptors (Lipinski definition) is 3. The van der Waals surface area contributed by atoms with Crippen LogP contribution in [0.2, 0.25) is 0 Å². The predicted octanol–water partition coefficient (Wildman–Crippen LogP) is 2.95. The van der Waals surface area contributed by atoms with Crippen molar-refractivity contribution in [3.63, 3.8) is 0 Å². The van der Waals surface area contributed by atoms with E-state index in [4.69, 9.17) is 0 Å². The summed E-state index contributed by atoms with van der Waals surface area (Å²) in [6.45, 7) is 2.76. The molecule has 0 spiro atoms. The molecule has 1 aromatic heterocycles. The molecule has 1 aliphatic heterocycles. The summed E-state index contributed by atoms with van der Waals surface area (Å²) < 4.78 is 0. The Balaban J connectivity index is 1.77. The fraction of sp³-hybridized carbons (Fsp3) is 0.562. The van der Waals surface area contributed by atoms with Crippen molar-refractivity contribution in [1.29, 1.82) is 0 Å². The lowest BCUT2D eigenvalue weighted by Crippen LogP contribution is -2.37. The van der Waals surface area contributed by atoms with Crippen LogP contribution < -0.4 is 4.90 Å². The number of aryl methyl sites for hydroxylation is 1. The first-order valence-electron chi connectivity index (χ1n) is 7.54. The average Bonchev–Trinajstić information content (AvgIpc) is 2.47. The molecule has 4 nitrogen and oxygen atoms in total. The van der Waals surface area contributed by atoms with E-state index in [9.17, 15) is 4.79 Å². The van der Waals surface area contributed by atoms with E-state index in [0.29, 0.717) is 6.42 Å². The van der Waals surface area contributed by atoms with Crippen LogP contribution in [0.1, 0.15) is 49.8 Å². The van der Waals surface area contributed by atoms with Gasteiger partial charge in [-0.2, -0.15) is 0 Å². The molecule has 2 heterocycles. The Kier molecular flexibility index (Phi) is 3.81. The Morgan fingerprint density at radius 2 is 2.10 bits per heavy atom. The molecule has 4 heteroatoms. The molecule has 0 aromatic carbocycles. The molecule has 0 atom stereocenters. The molecule has 1 amide bonds. The predicted molar refractivity (Wildman–Crippen MR) is 78.6 cm³/mol. The van der Waals surface area contributed by atoms with Gasteiger partial charge >= 0.3 is 0 Å². The van der Waals surface area contributed by atoms with Crippen molar-refractivity contribution in [3.05, 3.63) is 29.2 Å². The van der Waals surface area contributed by atoms with Gasteiger partial charge in [-0.3, -0.25) is 9.69 Å². The summed E-state index contributed by atoms with van der Waals surface area (Å²) >= 11 is 0. The van der Waals surface area contributed by atoms with Gasteiger partial charge in [0, 0.05) is 24.2 Å². The maximum absolute atomic E-state index is 12.2. The zero-order chi connectivity index (χ0) is 13.9. The van der Waals surface area contributed by atoms with Gasteiger partial charge < -0.3 is 0 Å². The van der Waals surface area contributed by atoms with Crippen LogP contribution in [0.3, 0.4) is 0 Å². The lowest BCUT2D eigenvalue weighted by Gasteiger charge is -2.29. The second-order valence-corrected chi connectivity index (χ2v) is 5.66. The van der Waals surface area contributed by atoms with Crippen LogP contribution >= 0.6 is 0 Å². The Hall–Kier alpha value is -1.71. The SMILES string of the molecule is Cc1ncnc2c1CCC(=O)N2CCC1=CCCCC1. The summed E-state index contributed by atoms with van der Waals surface area (Å²) in [5, 5.41) is 0. The maximum Gasteiger partial charge on any atom is 0.228 e. The third kappa shape index (κ3) is 2.60. The van der Waals surface area contributed by atoms with E-state index in [2.05, 4.69) is 16.0 Å². The minimum atomic E-state index is 0.201. The molecule has 0 fully saturated rings. The molecule has 3 rings (SSSR count). The summed E-state index contributed by atoms with van der Waals surface area (Å²) in [6.07, 6.45) is 11.2. The number of carbonyl (C=O) groups excluding carboxylic acids is 1. The molecule has 0 unspecified atom stereocenters. The van der Waals surface area contributed by atoms with Crippen LogP contribution in [0.4, 0.5) is 5.82 Å². The molecule has 1 aromatic rings. The van der Waals surface area contributed by atoms with Crippen molar-refractivity contribution < 1.29 is 4.79 Å². The van der Waals surface area contributed by atoms with E-state index in [1.807, 2.05) is 11.8 Å². The summed E-state index contributed by atoms with van der Waals surface area (Å²) in [6, 6.07) is 0. The van der Waals surface area contributed by atoms with Gasteiger partial charge in [0.15, 0.2) is 0 Å². The zero-order valence-electron chi connectivity index (χ0n) is 12.1. The fourth-order valence-corrected chi connectivity index (χ4v) is 3.12. The maximum atomic E-state index is 12.2. The number of allylic oxidation sites excluding steroid dienone is 1. The Labute approximate surface area is 119 Å². The highest BCUT2D eigenvalue weighted by atomic mass is 16.2. The van der Waals surface area contributed by atoms with Gasteiger partial charge in [0.25, 0.3) is 0 Å². The fourth-order valence-electron chi connectivity index (χ4n) is 3.12. The first-order chi connectivity index (χ1) is 9.75. The molecule has 0 saturated heterocycles. The highest BCUT2D eigenvalue weighted by molar-refractivity contribution is 5.95. The average molecular weight is 271 g/mol. The van der Waals surface area contributed by atoms with E-state index >= 15 is 0 Å². The molecule has 106 valence electrons. The number of hydrogen-bond donors (Lipinski definition) is 0. The monoisotopic (exact) mass is 271 g/mol. The molecular formula is C16H21N3O. The largest absolute Gasteiger partial charge is 0.296 e. The van der Waals surface area contributed by atoms with Gasteiger partial charge in [0.2, 0.25) is 5.91 Å². The molecule has 1 aliphatic carbocycles. The molecule has 0 N–H and O–H groups in total. The molecule has 0 bridgehead atoms. The van der Waals surface area contributed by atoms with Crippen molar-refractivity contribution in [3.8, 4) is 0 Å². The van der Waals surface area contributed by atoms with Crippen molar-refractivity contribution in [2.75, 3.05) is 11.4 Å². The Morgan fingerprint density at radius 3 is 2.90 bits per heavy atom. The first kappa shape index (κ1) is 13.3. The molecule has 0 radical (unpaired) electrons. The van der Waals surface area contributed by atoms with Gasteiger partial charge in [-0.1, -0.05) is 11.6 Å². The normalized spacial score (nSPS) is 18.8. The van der Waals surface area contributed by atoms with Crippen LogP contribution in [0.25, 0.3) is 0 Å². The lowest BCUT2D eigenvalue weighted by atomic mass is 9.96. The number of fused-ring (bicyclic) bond motifs is 1. The molecule has 20 heavy (non-hydrogen) atoms. The Bertz CT molecular complexity index is 551. The minimum Gasteiger partial charge on any atom is -0.296 e. The molecular weight excluding hydrogens is 250 g/mol. The zero-order valence-corrected chi connectivity index (χ0v) is 12.1. The number of nitrogens with zero attached hydrogens (tertiary/aromatic N) is 3. The van der Waals surface area contributed by atoms with E-state index in [0.717, 1.165) is 36.5 Å². The van der Waals surface area contributed by atoms with Gasteiger partial charge in [-0.05, 0) is 45.4 Å². The van der Waals surface area contributed by atoms with Crippen LogP contribution in [-0.4, -0.2) is 22.4 Å². The number of carbonyl (C=O) groups is 1. The van der Waals surface area contributed by atoms with E-state index < -0.39 is 0 Å². The Morgan fingerprint density at radius 1 is 1.20 bits per heavy atom. The second-order valence-electron chi connectivity index (χ2n) is 5.66. The van der Waals surface area contributed by atoms with E-state index in [1.165, 1.54) is 31.3 Å². The topological polar surface area (TPSA) is 46.1 Å². The summed E-state index contributed by atoms with van der Waals surface area (Å²) in [4.78, 5) is 22.6. The van der Waals surface area contributed by atoms with Crippen molar-refractivity contribution in [2.45, 2.75) is 51.9 Å². The van der Waals surface area contributed by atoms with Crippen LogP contribution in [0.15, 0.2) is 18.0 Å². The summed E-state index contributed by atoms with van der Waals surface area (Å²) in [5.41, 5.74) is 3.65. The molecule has 0 saturated carbocycles. The number of anilines is 1. The van der Waals surface area contributed by atoms with Gasteiger partial charge in [-0.15, -0.1) is 0 Å². The molecule has 2 aliphatic rings.